The van der Waals surface area contributed by atoms with Gasteiger partial charge in [-0.1, -0.05) is 72.8 Å². The summed E-state index contributed by atoms with van der Waals surface area (Å²) in [6, 6.07) is 27.5. The number of hydrogen-bond acceptors (Lipinski definition) is 3. The molecule has 5 heteroatoms. The molecule has 4 N–H and O–H groups in total. The standard InChI is InChI=1S/C26H29N3O2/c27-16-7-17-28-26(31)23-14-12-20(13-15-23)19-29-25(30)18-24(21-8-3-1-4-9-21)22-10-5-2-6-11-22/h1-6,8-15,24H,7,16-19,27H2,(H,28,31)(H,29,30). The lowest BCUT2D eigenvalue weighted by molar-refractivity contribution is -0.121. The molecule has 31 heavy (non-hydrogen) atoms. The molecule has 0 heterocycles. The molecule has 0 bridgehead atoms. The summed E-state index contributed by atoms with van der Waals surface area (Å²) in [4.78, 5) is 24.8. The van der Waals surface area contributed by atoms with E-state index in [1.165, 1.54) is 0 Å². The second-order valence-corrected chi connectivity index (χ2v) is 7.45. The van der Waals surface area contributed by atoms with Gasteiger partial charge in [-0.25, -0.2) is 0 Å². The highest BCUT2D eigenvalue weighted by molar-refractivity contribution is 5.94. The van der Waals surface area contributed by atoms with Gasteiger partial charge in [0.25, 0.3) is 5.91 Å². The third-order valence-corrected chi connectivity index (χ3v) is 5.17. The molecule has 0 saturated heterocycles. The van der Waals surface area contributed by atoms with Crippen molar-refractivity contribution in [1.29, 1.82) is 0 Å². The molecule has 0 radical (unpaired) electrons. The molecule has 3 aromatic carbocycles. The van der Waals surface area contributed by atoms with E-state index in [1.54, 1.807) is 12.1 Å². The van der Waals surface area contributed by atoms with Crippen molar-refractivity contribution < 1.29 is 9.59 Å². The topological polar surface area (TPSA) is 84.2 Å². The van der Waals surface area contributed by atoms with Crippen LogP contribution in [-0.2, 0) is 11.3 Å². The second kappa shape index (κ2) is 11.7. The first kappa shape index (κ1) is 22.2. The van der Waals surface area contributed by atoms with Crippen molar-refractivity contribution in [3.8, 4) is 0 Å². The van der Waals surface area contributed by atoms with E-state index in [9.17, 15) is 9.59 Å². The summed E-state index contributed by atoms with van der Waals surface area (Å²) in [5.74, 6) is -0.124. The minimum atomic E-state index is -0.113. The Morgan fingerprint density at radius 2 is 1.35 bits per heavy atom. The minimum Gasteiger partial charge on any atom is -0.352 e. The summed E-state index contributed by atoms with van der Waals surface area (Å²) in [6.45, 7) is 1.54. The van der Waals surface area contributed by atoms with Crippen molar-refractivity contribution in [3.63, 3.8) is 0 Å². The zero-order valence-electron chi connectivity index (χ0n) is 17.6. The van der Waals surface area contributed by atoms with Crippen molar-refractivity contribution in [3.05, 3.63) is 107 Å². The van der Waals surface area contributed by atoms with Crippen LogP contribution in [0.3, 0.4) is 0 Å². The van der Waals surface area contributed by atoms with Crippen LogP contribution in [-0.4, -0.2) is 24.9 Å². The third kappa shape index (κ3) is 6.79. The van der Waals surface area contributed by atoms with Gasteiger partial charge in [0.2, 0.25) is 5.91 Å². The van der Waals surface area contributed by atoms with E-state index in [-0.39, 0.29) is 17.7 Å². The van der Waals surface area contributed by atoms with Gasteiger partial charge in [0.1, 0.15) is 0 Å². The maximum Gasteiger partial charge on any atom is 0.251 e. The van der Waals surface area contributed by atoms with Gasteiger partial charge in [-0.3, -0.25) is 9.59 Å². The highest BCUT2D eigenvalue weighted by atomic mass is 16.2. The lowest BCUT2D eigenvalue weighted by Crippen LogP contribution is -2.26. The average Bonchev–Trinajstić information content (AvgIpc) is 2.83. The molecule has 0 aromatic heterocycles. The Bertz CT molecular complexity index is 917. The van der Waals surface area contributed by atoms with Crippen molar-refractivity contribution >= 4 is 11.8 Å². The normalized spacial score (nSPS) is 10.6. The molecule has 160 valence electrons. The fourth-order valence-corrected chi connectivity index (χ4v) is 3.44. The van der Waals surface area contributed by atoms with Gasteiger partial charge in [0, 0.05) is 31.0 Å². The largest absolute Gasteiger partial charge is 0.352 e. The maximum absolute atomic E-state index is 12.7. The Morgan fingerprint density at radius 3 is 1.90 bits per heavy atom. The Morgan fingerprint density at radius 1 is 0.774 bits per heavy atom. The SMILES string of the molecule is NCCCNC(=O)c1ccc(CNC(=O)CC(c2ccccc2)c2ccccc2)cc1. The Hall–Kier alpha value is -3.44. The van der Waals surface area contributed by atoms with Crippen LogP contribution in [0.5, 0.6) is 0 Å². The first-order valence-electron chi connectivity index (χ1n) is 10.6. The minimum absolute atomic E-state index is 0.00185. The van der Waals surface area contributed by atoms with Crippen LogP contribution in [0.2, 0.25) is 0 Å². The maximum atomic E-state index is 12.7. The molecule has 0 aliphatic rings. The van der Waals surface area contributed by atoms with Crippen molar-refractivity contribution in [1.82, 2.24) is 10.6 Å². The molecule has 3 rings (SSSR count). The zero-order chi connectivity index (χ0) is 21.9. The van der Waals surface area contributed by atoms with Gasteiger partial charge in [0.15, 0.2) is 0 Å². The number of amides is 2. The number of nitrogens with two attached hydrogens (primary N) is 1. The highest BCUT2D eigenvalue weighted by Gasteiger charge is 2.18. The zero-order valence-corrected chi connectivity index (χ0v) is 17.6. The van der Waals surface area contributed by atoms with Gasteiger partial charge in [-0.2, -0.15) is 0 Å². The van der Waals surface area contributed by atoms with Gasteiger partial charge in [-0.15, -0.1) is 0 Å². The number of hydrogen-bond donors (Lipinski definition) is 3. The van der Waals surface area contributed by atoms with Gasteiger partial charge in [0.05, 0.1) is 0 Å². The van der Waals surface area contributed by atoms with E-state index in [4.69, 9.17) is 5.73 Å². The summed E-state index contributed by atoms with van der Waals surface area (Å²) in [5.41, 5.74) is 9.22. The molecule has 2 amide bonds. The van der Waals surface area contributed by atoms with Gasteiger partial charge < -0.3 is 16.4 Å². The molecule has 0 unspecified atom stereocenters. The van der Waals surface area contributed by atoms with Crippen LogP contribution in [0, 0.1) is 0 Å². The Kier molecular flexibility index (Phi) is 8.38. The van der Waals surface area contributed by atoms with Crippen LogP contribution in [0.15, 0.2) is 84.9 Å². The number of carbonyl (C=O) groups excluding carboxylic acids is 2. The molecule has 0 spiro atoms. The monoisotopic (exact) mass is 415 g/mol. The highest BCUT2D eigenvalue weighted by Crippen LogP contribution is 2.27. The van der Waals surface area contributed by atoms with E-state index in [0.29, 0.717) is 31.6 Å². The molecule has 0 atom stereocenters. The molecule has 0 fully saturated rings. The molecular formula is C26H29N3O2. The van der Waals surface area contributed by atoms with Crippen LogP contribution >= 0.6 is 0 Å². The molecule has 0 aliphatic carbocycles. The van der Waals surface area contributed by atoms with Gasteiger partial charge >= 0.3 is 0 Å². The van der Waals surface area contributed by atoms with Crippen molar-refractivity contribution in [2.45, 2.75) is 25.3 Å². The van der Waals surface area contributed by atoms with E-state index in [2.05, 4.69) is 34.9 Å². The Labute approximate surface area is 183 Å². The number of benzene rings is 3. The fraction of sp³-hybridized carbons (Fsp3) is 0.231. The van der Waals surface area contributed by atoms with E-state index in [0.717, 1.165) is 23.1 Å². The van der Waals surface area contributed by atoms with E-state index >= 15 is 0 Å². The van der Waals surface area contributed by atoms with Crippen LogP contribution in [0.4, 0.5) is 0 Å². The first-order chi connectivity index (χ1) is 15.2. The molecule has 3 aromatic rings. The molecule has 5 nitrogen and oxygen atoms in total. The predicted octanol–water partition coefficient (Wildman–Crippen LogP) is 3.60. The first-order valence-corrected chi connectivity index (χ1v) is 10.6. The average molecular weight is 416 g/mol. The summed E-state index contributed by atoms with van der Waals surface area (Å²) in [7, 11) is 0. The third-order valence-electron chi connectivity index (χ3n) is 5.17. The molecule has 0 aliphatic heterocycles. The van der Waals surface area contributed by atoms with Crippen molar-refractivity contribution in [2.24, 2.45) is 5.73 Å². The summed E-state index contributed by atoms with van der Waals surface area (Å²) in [6.07, 6.45) is 1.12. The lowest BCUT2D eigenvalue weighted by Gasteiger charge is -2.18. The van der Waals surface area contributed by atoms with Gasteiger partial charge in [-0.05, 0) is 41.8 Å². The van der Waals surface area contributed by atoms with Crippen LogP contribution in [0.25, 0.3) is 0 Å². The fourth-order valence-electron chi connectivity index (χ4n) is 3.44. The summed E-state index contributed by atoms with van der Waals surface area (Å²) >= 11 is 0. The summed E-state index contributed by atoms with van der Waals surface area (Å²) in [5, 5.41) is 5.84. The lowest BCUT2D eigenvalue weighted by atomic mass is 9.88. The van der Waals surface area contributed by atoms with E-state index in [1.807, 2.05) is 48.5 Å². The van der Waals surface area contributed by atoms with Crippen LogP contribution in [0.1, 0.15) is 45.8 Å². The quantitative estimate of drug-likeness (QED) is 0.442. The smallest absolute Gasteiger partial charge is 0.251 e. The molecule has 0 saturated carbocycles. The number of carbonyl (C=O) groups is 2. The predicted molar refractivity (Wildman–Crippen MR) is 124 cm³/mol. The van der Waals surface area contributed by atoms with E-state index < -0.39 is 0 Å². The van der Waals surface area contributed by atoms with Crippen LogP contribution < -0.4 is 16.4 Å². The number of nitrogens with one attached hydrogen (secondary N) is 2. The number of rotatable bonds is 10. The van der Waals surface area contributed by atoms with Crippen molar-refractivity contribution in [2.75, 3.05) is 13.1 Å². The molecular weight excluding hydrogens is 386 g/mol. The Balaban J connectivity index is 1.57. The second-order valence-electron chi connectivity index (χ2n) is 7.45. The summed E-state index contributed by atoms with van der Waals surface area (Å²) < 4.78 is 0.